The van der Waals surface area contributed by atoms with E-state index >= 15 is 0 Å². The molecule has 0 spiro atoms. The summed E-state index contributed by atoms with van der Waals surface area (Å²) >= 11 is 1.80. The predicted molar refractivity (Wildman–Crippen MR) is 226 cm³/mol. The molecule has 252 valence electrons. The highest BCUT2D eigenvalue weighted by Crippen LogP contribution is 2.39. The molecule has 11 aromatic rings. The number of para-hydroxylation sites is 2. The van der Waals surface area contributed by atoms with E-state index in [1.54, 1.807) is 11.3 Å². The Morgan fingerprint density at radius 2 is 0.981 bits per heavy atom. The van der Waals surface area contributed by atoms with Gasteiger partial charge in [-0.15, -0.1) is 11.3 Å². The fraction of sp³-hybridized carbons (Fsp3) is 0. The molecule has 0 fully saturated rings. The van der Waals surface area contributed by atoms with Crippen LogP contribution >= 0.6 is 11.3 Å². The number of fused-ring (bicyclic) bond motifs is 7. The first-order valence-electron chi connectivity index (χ1n) is 18.1. The number of nitrogens with zero attached hydrogens (tertiary/aromatic N) is 4. The van der Waals surface area contributed by atoms with E-state index in [4.69, 9.17) is 15.0 Å². The number of hydrogen-bond acceptors (Lipinski definition) is 4. The van der Waals surface area contributed by atoms with Crippen LogP contribution in [0, 0.1) is 0 Å². The Kier molecular flexibility index (Phi) is 7.00. The molecule has 0 saturated carbocycles. The van der Waals surface area contributed by atoms with Crippen LogP contribution < -0.4 is 0 Å². The van der Waals surface area contributed by atoms with Crippen LogP contribution in [0.4, 0.5) is 0 Å². The van der Waals surface area contributed by atoms with E-state index in [0.717, 1.165) is 44.5 Å². The van der Waals surface area contributed by atoms with Gasteiger partial charge in [0.1, 0.15) is 0 Å². The summed E-state index contributed by atoms with van der Waals surface area (Å²) in [6.07, 6.45) is 0. The molecule has 0 N–H and O–H groups in total. The van der Waals surface area contributed by atoms with Gasteiger partial charge in [-0.3, -0.25) is 0 Å². The molecule has 5 heteroatoms. The Hall–Kier alpha value is -6.95. The molecule has 0 bridgehead atoms. The Labute approximate surface area is 315 Å². The molecule has 4 nitrogen and oxygen atoms in total. The van der Waals surface area contributed by atoms with Crippen molar-refractivity contribution in [3.63, 3.8) is 0 Å². The summed E-state index contributed by atoms with van der Waals surface area (Å²) in [6.45, 7) is 0. The first kappa shape index (κ1) is 30.7. The molecule has 0 aliphatic rings. The lowest BCUT2D eigenvalue weighted by Crippen LogP contribution is -2.03. The van der Waals surface area contributed by atoms with Gasteiger partial charge in [-0.1, -0.05) is 133 Å². The maximum absolute atomic E-state index is 5.29. The second-order valence-electron chi connectivity index (χ2n) is 13.6. The van der Waals surface area contributed by atoms with Crippen LogP contribution in [0.3, 0.4) is 0 Å². The van der Waals surface area contributed by atoms with Crippen molar-refractivity contribution in [3.8, 4) is 51.0 Å². The van der Waals surface area contributed by atoms with Crippen molar-refractivity contribution in [3.05, 3.63) is 182 Å². The molecule has 0 saturated heterocycles. The number of rotatable bonds is 5. The summed E-state index contributed by atoms with van der Waals surface area (Å²) in [5, 5.41) is 7.36. The van der Waals surface area contributed by atoms with Gasteiger partial charge in [0.15, 0.2) is 17.5 Å². The van der Waals surface area contributed by atoms with Gasteiger partial charge in [0.05, 0.1) is 16.7 Å². The minimum Gasteiger partial charge on any atom is -0.308 e. The van der Waals surface area contributed by atoms with E-state index in [9.17, 15) is 0 Å². The fourth-order valence-electron chi connectivity index (χ4n) is 7.86. The highest BCUT2D eigenvalue weighted by Gasteiger charge is 2.20. The van der Waals surface area contributed by atoms with Crippen molar-refractivity contribution >= 4 is 64.1 Å². The Bertz CT molecular complexity index is 3230. The van der Waals surface area contributed by atoms with Crippen molar-refractivity contribution in [2.75, 3.05) is 0 Å². The SMILES string of the molecule is c1ccc(-c2cccc(-c3nc(-c4ccc5c(c4)sc4ccccc45)nc(-c4ccccc4-n4c5ccccc5c5cc6ccccc6cc54)n3)c2)cc1. The van der Waals surface area contributed by atoms with Crippen molar-refractivity contribution in [2.24, 2.45) is 0 Å². The summed E-state index contributed by atoms with van der Waals surface area (Å²) in [5.74, 6) is 1.90. The van der Waals surface area contributed by atoms with Crippen LogP contribution in [0.1, 0.15) is 0 Å². The molecular formula is C49H30N4S. The zero-order valence-corrected chi connectivity index (χ0v) is 29.8. The van der Waals surface area contributed by atoms with E-state index in [0.29, 0.717) is 17.5 Å². The molecule has 11 rings (SSSR count). The minimum atomic E-state index is 0.624. The third-order valence-corrected chi connectivity index (χ3v) is 11.6. The third-order valence-electron chi connectivity index (χ3n) is 10.4. The highest BCUT2D eigenvalue weighted by molar-refractivity contribution is 7.25. The van der Waals surface area contributed by atoms with Gasteiger partial charge in [-0.05, 0) is 70.4 Å². The largest absolute Gasteiger partial charge is 0.308 e. The maximum atomic E-state index is 5.29. The van der Waals surface area contributed by atoms with Crippen LogP contribution in [0.2, 0.25) is 0 Å². The maximum Gasteiger partial charge on any atom is 0.166 e. The number of thiophene rings is 1. The average molecular weight is 707 g/mol. The van der Waals surface area contributed by atoms with Crippen molar-refractivity contribution in [2.45, 2.75) is 0 Å². The zero-order chi connectivity index (χ0) is 35.6. The quantitative estimate of drug-likeness (QED) is 0.179. The van der Waals surface area contributed by atoms with Crippen LogP contribution in [0.25, 0.3) is 104 Å². The summed E-state index contributed by atoms with van der Waals surface area (Å²) in [5.41, 5.74) is 8.37. The van der Waals surface area contributed by atoms with E-state index in [-0.39, 0.29) is 0 Å². The molecule has 3 aromatic heterocycles. The second-order valence-corrected chi connectivity index (χ2v) is 14.7. The van der Waals surface area contributed by atoms with Crippen LogP contribution in [-0.2, 0) is 0 Å². The standard InChI is InChI=1S/C49H30N4S/c1-2-13-31(14-3-1)32-17-12-18-35(27-32)47-50-48(36-25-26-39-38-20-8-11-24-45(38)54-46(39)30-36)52-49(51-47)40-21-7-10-23-43(40)53-42-22-9-6-19-37(42)41-28-33-15-4-5-16-34(33)29-44(41)53/h1-30H. The number of hydrogen-bond donors (Lipinski definition) is 0. The van der Waals surface area contributed by atoms with E-state index < -0.39 is 0 Å². The molecule has 54 heavy (non-hydrogen) atoms. The average Bonchev–Trinajstić information content (AvgIpc) is 3.78. The Morgan fingerprint density at radius 3 is 1.85 bits per heavy atom. The summed E-state index contributed by atoms with van der Waals surface area (Å²) in [6, 6.07) is 64.5. The predicted octanol–water partition coefficient (Wildman–Crippen LogP) is 13.2. The summed E-state index contributed by atoms with van der Waals surface area (Å²) < 4.78 is 4.85. The third kappa shape index (κ3) is 5.01. The lowest BCUT2D eigenvalue weighted by molar-refractivity contribution is 1.07. The number of aromatic nitrogens is 4. The minimum absolute atomic E-state index is 0.624. The zero-order valence-electron chi connectivity index (χ0n) is 29.0. The van der Waals surface area contributed by atoms with Gasteiger partial charge < -0.3 is 4.57 Å². The van der Waals surface area contributed by atoms with E-state index in [1.807, 2.05) is 6.07 Å². The van der Waals surface area contributed by atoms with Gasteiger partial charge in [-0.25, -0.2) is 15.0 Å². The molecule has 0 atom stereocenters. The summed E-state index contributed by atoms with van der Waals surface area (Å²) in [7, 11) is 0. The smallest absolute Gasteiger partial charge is 0.166 e. The van der Waals surface area contributed by atoms with Crippen LogP contribution in [0.15, 0.2) is 182 Å². The van der Waals surface area contributed by atoms with Crippen LogP contribution in [0.5, 0.6) is 0 Å². The first-order chi connectivity index (χ1) is 26.7. The van der Waals surface area contributed by atoms with Gasteiger partial charge in [0.2, 0.25) is 0 Å². The van der Waals surface area contributed by atoms with Gasteiger partial charge in [-0.2, -0.15) is 0 Å². The molecular weight excluding hydrogens is 677 g/mol. The van der Waals surface area contributed by atoms with Crippen molar-refractivity contribution in [1.29, 1.82) is 0 Å². The molecule has 0 aliphatic heterocycles. The van der Waals surface area contributed by atoms with Crippen molar-refractivity contribution < 1.29 is 0 Å². The topological polar surface area (TPSA) is 43.6 Å². The molecule has 0 amide bonds. The molecule has 0 unspecified atom stereocenters. The molecule has 8 aromatic carbocycles. The fourth-order valence-corrected chi connectivity index (χ4v) is 9.01. The molecule has 3 heterocycles. The van der Waals surface area contributed by atoms with E-state index in [2.05, 4.69) is 180 Å². The second kappa shape index (κ2) is 12.3. The normalized spacial score (nSPS) is 11.7. The highest BCUT2D eigenvalue weighted by atomic mass is 32.1. The lowest BCUT2D eigenvalue weighted by atomic mass is 10.0. The Morgan fingerprint density at radius 1 is 0.352 bits per heavy atom. The van der Waals surface area contributed by atoms with Crippen molar-refractivity contribution in [1.82, 2.24) is 19.5 Å². The van der Waals surface area contributed by atoms with E-state index in [1.165, 1.54) is 41.7 Å². The van der Waals surface area contributed by atoms with Gasteiger partial charge in [0, 0.05) is 47.6 Å². The summed E-state index contributed by atoms with van der Waals surface area (Å²) in [4.78, 5) is 15.8. The Balaban J connectivity index is 1.16. The molecule has 0 radical (unpaired) electrons. The molecule has 0 aliphatic carbocycles. The lowest BCUT2D eigenvalue weighted by Gasteiger charge is -2.15. The van der Waals surface area contributed by atoms with Gasteiger partial charge >= 0.3 is 0 Å². The monoisotopic (exact) mass is 706 g/mol. The van der Waals surface area contributed by atoms with Gasteiger partial charge in [0.25, 0.3) is 0 Å². The number of benzene rings is 8. The van der Waals surface area contributed by atoms with Crippen LogP contribution in [-0.4, -0.2) is 19.5 Å². The first-order valence-corrected chi connectivity index (χ1v) is 18.9.